The second-order valence-electron chi connectivity index (χ2n) is 7.09. The molecule has 0 saturated heterocycles. The van der Waals surface area contributed by atoms with E-state index < -0.39 is 17.5 Å². The fraction of sp³-hybridized carbons (Fsp3) is 0.318. The first-order valence-corrected chi connectivity index (χ1v) is 10.8. The maximum Gasteiger partial charge on any atom is 0.326 e. The summed E-state index contributed by atoms with van der Waals surface area (Å²) < 4.78 is 18.7. The van der Waals surface area contributed by atoms with Gasteiger partial charge in [0.05, 0.1) is 23.9 Å². The van der Waals surface area contributed by atoms with Crippen molar-refractivity contribution in [1.29, 1.82) is 0 Å². The molecule has 0 bridgehead atoms. The normalized spacial score (nSPS) is 12.1. The molecule has 2 aromatic carbocycles. The lowest BCUT2D eigenvalue weighted by molar-refractivity contribution is -0.143. The molecule has 0 unspecified atom stereocenters. The largest absolute Gasteiger partial charge is 0.497 e. The molecule has 1 amide bonds. The molecule has 1 aromatic heterocycles. The Bertz CT molecular complexity index is 1160. The zero-order valence-electron chi connectivity index (χ0n) is 17.7. The van der Waals surface area contributed by atoms with E-state index in [1.807, 2.05) is 12.1 Å². The lowest BCUT2D eigenvalue weighted by atomic mass is 10.1. The van der Waals surface area contributed by atoms with Crippen molar-refractivity contribution < 1.29 is 23.8 Å². The van der Waals surface area contributed by atoms with Gasteiger partial charge in [0, 0.05) is 5.02 Å². The van der Waals surface area contributed by atoms with Crippen molar-refractivity contribution in [3.05, 3.63) is 52.3 Å². The molecule has 0 spiro atoms. The highest BCUT2D eigenvalue weighted by Crippen LogP contribution is 2.24. The van der Waals surface area contributed by atoms with Gasteiger partial charge in [0.15, 0.2) is 10.4 Å². The molecule has 9 heteroatoms. The van der Waals surface area contributed by atoms with Crippen LogP contribution in [-0.2, 0) is 20.9 Å². The van der Waals surface area contributed by atoms with Crippen LogP contribution in [0.4, 0.5) is 0 Å². The summed E-state index contributed by atoms with van der Waals surface area (Å²) in [4.78, 5) is 29.8. The topological polar surface area (TPSA) is 79.1 Å². The molecule has 0 N–H and O–H groups in total. The van der Waals surface area contributed by atoms with Gasteiger partial charge in [-0.25, -0.2) is 0 Å². The lowest BCUT2D eigenvalue weighted by Gasteiger charge is -2.22. The van der Waals surface area contributed by atoms with Crippen LogP contribution in [0.15, 0.2) is 47.5 Å². The lowest BCUT2D eigenvalue weighted by Crippen LogP contribution is -2.38. The molecule has 0 aliphatic heterocycles. The molecule has 3 rings (SSSR count). The van der Waals surface area contributed by atoms with Gasteiger partial charge >= 0.3 is 5.97 Å². The molecule has 0 aliphatic carbocycles. The molecular formula is C22H23ClN2O5S. The van der Waals surface area contributed by atoms with E-state index in [0.717, 1.165) is 10.2 Å². The number of aromatic nitrogens is 1. The van der Waals surface area contributed by atoms with Crippen LogP contribution >= 0.6 is 22.9 Å². The number of rotatable bonds is 7. The van der Waals surface area contributed by atoms with Crippen molar-refractivity contribution in [3.8, 4) is 11.5 Å². The minimum Gasteiger partial charge on any atom is -0.497 e. The van der Waals surface area contributed by atoms with E-state index in [-0.39, 0.29) is 13.2 Å². The first-order chi connectivity index (χ1) is 14.7. The van der Waals surface area contributed by atoms with Crippen molar-refractivity contribution in [3.63, 3.8) is 0 Å². The maximum atomic E-state index is 13.0. The number of carbonyl (C=O) groups is 2. The maximum absolute atomic E-state index is 13.0. The molecule has 31 heavy (non-hydrogen) atoms. The predicted molar refractivity (Wildman–Crippen MR) is 120 cm³/mol. The summed E-state index contributed by atoms with van der Waals surface area (Å²) >= 11 is 7.19. The van der Waals surface area contributed by atoms with Gasteiger partial charge in [-0.05, 0) is 63.2 Å². The number of esters is 1. The Hall–Kier alpha value is -2.84. The Morgan fingerprint density at radius 3 is 2.45 bits per heavy atom. The van der Waals surface area contributed by atoms with E-state index in [9.17, 15) is 9.59 Å². The molecule has 0 aliphatic rings. The Labute approximate surface area is 188 Å². The van der Waals surface area contributed by atoms with Gasteiger partial charge in [-0.2, -0.15) is 4.99 Å². The number of hydrogen-bond acceptors (Lipinski definition) is 6. The molecule has 164 valence electrons. The SMILES string of the molecule is CCOC(=O)Cn1c(=NC(=O)C(C)(C)Oc2ccc(Cl)cc2)sc2cc(OC)ccc21. The highest BCUT2D eigenvalue weighted by atomic mass is 35.5. The Morgan fingerprint density at radius 2 is 1.81 bits per heavy atom. The van der Waals surface area contributed by atoms with Crippen LogP contribution in [0.5, 0.6) is 11.5 Å². The number of benzene rings is 2. The van der Waals surface area contributed by atoms with Crippen LogP contribution in [0.2, 0.25) is 5.02 Å². The quantitative estimate of drug-likeness (QED) is 0.491. The summed E-state index contributed by atoms with van der Waals surface area (Å²) in [5.74, 6) is 0.266. The molecule has 7 nitrogen and oxygen atoms in total. The van der Waals surface area contributed by atoms with E-state index in [0.29, 0.717) is 21.3 Å². The monoisotopic (exact) mass is 462 g/mol. The minimum atomic E-state index is -1.23. The van der Waals surface area contributed by atoms with Crippen molar-refractivity contribution in [2.75, 3.05) is 13.7 Å². The highest BCUT2D eigenvalue weighted by molar-refractivity contribution is 7.16. The number of fused-ring (bicyclic) bond motifs is 1. The van der Waals surface area contributed by atoms with E-state index >= 15 is 0 Å². The van der Waals surface area contributed by atoms with Crippen LogP contribution < -0.4 is 14.3 Å². The molecule has 3 aromatic rings. The Balaban J connectivity index is 2.00. The van der Waals surface area contributed by atoms with Crippen LogP contribution in [0.3, 0.4) is 0 Å². The fourth-order valence-corrected chi connectivity index (χ4v) is 4.00. The number of hydrogen-bond donors (Lipinski definition) is 0. The number of carbonyl (C=O) groups excluding carboxylic acids is 2. The Morgan fingerprint density at radius 1 is 1.13 bits per heavy atom. The zero-order chi connectivity index (χ0) is 22.6. The molecule has 1 heterocycles. The summed E-state index contributed by atoms with van der Waals surface area (Å²) in [5, 5.41) is 0.571. The molecule has 0 radical (unpaired) electrons. The molecule has 0 saturated carbocycles. The molecule has 0 fully saturated rings. The number of methoxy groups -OCH3 is 1. The van der Waals surface area contributed by atoms with Gasteiger partial charge in [0.1, 0.15) is 18.0 Å². The summed E-state index contributed by atoms with van der Waals surface area (Å²) in [7, 11) is 1.58. The summed E-state index contributed by atoms with van der Waals surface area (Å²) in [6.45, 7) is 5.22. The second kappa shape index (κ2) is 9.53. The summed E-state index contributed by atoms with van der Waals surface area (Å²) in [5.41, 5.74) is -0.481. The van der Waals surface area contributed by atoms with Gasteiger partial charge < -0.3 is 18.8 Å². The number of thiazole rings is 1. The van der Waals surface area contributed by atoms with Crippen LogP contribution in [0, 0.1) is 0 Å². The molecular weight excluding hydrogens is 440 g/mol. The van der Waals surface area contributed by atoms with Crippen molar-refractivity contribution in [1.82, 2.24) is 4.57 Å². The van der Waals surface area contributed by atoms with Crippen molar-refractivity contribution in [2.24, 2.45) is 4.99 Å². The highest BCUT2D eigenvalue weighted by Gasteiger charge is 2.30. The van der Waals surface area contributed by atoms with Gasteiger partial charge in [-0.1, -0.05) is 22.9 Å². The standard InChI is InChI=1S/C22H23ClN2O5S/c1-5-29-19(26)13-25-17-11-10-16(28-4)12-18(17)31-21(25)24-20(27)22(2,3)30-15-8-6-14(23)7-9-15/h6-12H,5,13H2,1-4H3. The third kappa shape index (κ3) is 5.45. The van der Waals surface area contributed by atoms with E-state index in [4.69, 9.17) is 25.8 Å². The average Bonchev–Trinajstić information content (AvgIpc) is 3.05. The van der Waals surface area contributed by atoms with E-state index in [2.05, 4.69) is 4.99 Å². The third-order valence-electron chi connectivity index (χ3n) is 4.38. The van der Waals surface area contributed by atoms with Crippen LogP contribution in [-0.4, -0.2) is 35.8 Å². The van der Waals surface area contributed by atoms with Gasteiger partial charge in [-0.15, -0.1) is 0 Å². The molecule has 0 atom stereocenters. The predicted octanol–water partition coefficient (Wildman–Crippen LogP) is 4.21. The number of amides is 1. The number of nitrogens with zero attached hydrogens (tertiary/aromatic N) is 2. The van der Waals surface area contributed by atoms with Crippen molar-refractivity contribution in [2.45, 2.75) is 32.9 Å². The summed E-state index contributed by atoms with van der Waals surface area (Å²) in [6.07, 6.45) is 0. The number of ether oxygens (including phenoxy) is 3. The smallest absolute Gasteiger partial charge is 0.326 e. The van der Waals surface area contributed by atoms with Crippen LogP contribution in [0.25, 0.3) is 10.2 Å². The first-order valence-electron chi connectivity index (χ1n) is 9.60. The first kappa shape index (κ1) is 22.8. The minimum absolute atomic E-state index is 0.0647. The Kier molecular flexibility index (Phi) is 7.02. The van der Waals surface area contributed by atoms with E-state index in [1.165, 1.54) is 11.3 Å². The van der Waals surface area contributed by atoms with Crippen molar-refractivity contribution >= 4 is 45.0 Å². The van der Waals surface area contributed by atoms with Gasteiger partial charge in [0.25, 0.3) is 5.91 Å². The number of halogens is 1. The third-order valence-corrected chi connectivity index (χ3v) is 5.67. The zero-order valence-corrected chi connectivity index (χ0v) is 19.2. The van der Waals surface area contributed by atoms with Gasteiger partial charge in [-0.3, -0.25) is 9.59 Å². The second-order valence-corrected chi connectivity index (χ2v) is 8.54. The van der Waals surface area contributed by atoms with Crippen LogP contribution in [0.1, 0.15) is 20.8 Å². The average molecular weight is 463 g/mol. The fourth-order valence-electron chi connectivity index (χ4n) is 2.82. The summed E-state index contributed by atoms with van der Waals surface area (Å²) in [6, 6.07) is 12.2. The van der Waals surface area contributed by atoms with E-state index in [1.54, 1.807) is 62.8 Å². The van der Waals surface area contributed by atoms with Gasteiger partial charge in [0.2, 0.25) is 0 Å².